The first-order chi connectivity index (χ1) is 11.0. The smallest absolute Gasteiger partial charge is 0.193 e. The minimum Gasteiger partial charge on any atom is -0.494 e. The number of ether oxygens (including phenoxy) is 1. The maximum absolute atomic E-state index is 12.4. The zero-order valence-corrected chi connectivity index (χ0v) is 13.6. The average Bonchev–Trinajstić information content (AvgIpc) is 2.54. The van der Waals surface area contributed by atoms with Gasteiger partial charge in [0.15, 0.2) is 5.78 Å². The summed E-state index contributed by atoms with van der Waals surface area (Å²) >= 11 is 0. The van der Waals surface area contributed by atoms with E-state index in [1.165, 1.54) is 0 Å². The lowest BCUT2D eigenvalue weighted by Gasteiger charge is -2.10. The van der Waals surface area contributed by atoms with Gasteiger partial charge in [0.05, 0.1) is 18.0 Å². The highest BCUT2D eigenvalue weighted by Crippen LogP contribution is 2.20. The highest BCUT2D eigenvalue weighted by Gasteiger charge is 2.10. The molecule has 5 heteroatoms. The molecule has 0 atom stereocenters. The standard InChI is InChI=1S/C18H23N3O2/c1-21(2)10-3-11-23-15-7-4-13(5-8-15)18(22)14-6-9-16(19)17(20)12-14/h4-9,12H,3,10-11,19-20H2,1-2H3. The van der Waals surface area contributed by atoms with Crippen LogP contribution >= 0.6 is 0 Å². The lowest BCUT2D eigenvalue weighted by molar-refractivity contribution is 0.103. The van der Waals surface area contributed by atoms with Crippen LogP contribution in [0.1, 0.15) is 22.3 Å². The highest BCUT2D eigenvalue weighted by atomic mass is 16.5. The van der Waals surface area contributed by atoms with Gasteiger partial charge in [-0.25, -0.2) is 0 Å². The quantitative estimate of drug-likeness (QED) is 0.466. The second-order valence-electron chi connectivity index (χ2n) is 5.70. The van der Waals surface area contributed by atoms with Crippen molar-refractivity contribution in [1.29, 1.82) is 0 Å². The molecule has 0 aliphatic carbocycles. The molecule has 2 rings (SSSR count). The third kappa shape index (κ3) is 4.72. The van der Waals surface area contributed by atoms with Crippen molar-refractivity contribution in [2.75, 3.05) is 38.7 Å². The fourth-order valence-corrected chi connectivity index (χ4v) is 2.16. The van der Waals surface area contributed by atoms with Gasteiger partial charge in [-0.15, -0.1) is 0 Å². The van der Waals surface area contributed by atoms with Crippen LogP contribution in [0.5, 0.6) is 5.75 Å². The first kappa shape index (κ1) is 16.8. The molecule has 5 nitrogen and oxygen atoms in total. The van der Waals surface area contributed by atoms with Crippen LogP contribution < -0.4 is 16.2 Å². The van der Waals surface area contributed by atoms with Crippen molar-refractivity contribution in [3.8, 4) is 5.75 Å². The van der Waals surface area contributed by atoms with Gasteiger partial charge in [0, 0.05) is 17.7 Å². The van der Waals surface area contributed by atoms with E-state index < -0.39 is 0 Å². The summed E-state index contributed by atoms with van der Waals surface area (Å²) in [6.07, 6.45) is 0.957. The predicted octanol–water partition coefficient (Wildman–Crippen LogP) is 2.41. The SMILES string of the molecule is CN(C)CCCOc1ccc(C(=O)c2ccc(N)c(N)c2)cc1. The number of ketones is 1. The van der Waals surface area contributed by atoms with Crippen molar-refractivity contribution in [1.82, 2.24) is 4.90 Å². The molecule has 0 saturated carbocycles. The number of hydrogen-bond donors (Lipinski definition) is 2. The lowest BCUT2D eigenvalue weighted by Crippen LogP contribution is -2.15. The van der Waals surface area contributed by atoms with Crippen LogP contribution in [0.15, 0.2) is 42.5 Å². The zero-order valence-electron chi connectivity index (χ0n) is 13.6. The van der Waals surface area contributed by atoms with Gasteiger partial charge in [-0.1, -0.05) is 0 Å². The number of carbonyl (C=O) groups excluding carboxylic acids is 1. The molecule has 0 aliphatic heterocycles. The van der Waals surface area contributed by atoms with Crippen molar-refractivity contribution in [3.63, 3.8) is 0 Å². The topological polar surface area (TPSA) is 81.6 Å². The van der Waals surface area contributed by atoms with Gasteiger partial charge in [-0.3, -0.25) is 4.79 Å². The van der Waals surface area contributed by atoms with E-state index in [1.807, 2.05) is 26.2 Å². The predicted molar refractivity (Wildman–Crippen MR) is 93.8 cm³/mol. The number of nitrogens with zero attached hydrogens (tertiary/aromatic N) is 1. The fraction of sp³-hybridized carbons (Fsp3) is 0.278. The molecule has 2 aromatic rings. The molecule has 0 spiro atoms. The van der Waals surface area contributed by atoms with Crippen LogP contribution in [0.4, 0.5) is 11.4 Å². The van der Waals surface area contributed by atoms with Gasteiger partial charge in [-0.2, -0.15) is 0 Å². The maximum atomic E-state index is 12.4. The summed E-state index contributed by atoms with van der Waals surface area (Å²) in [5, 5.41) is 0. The van der Waals surface area contributed by atoms with Crippen LogP contribution in [0.2, 0.25) is 0 Å². The third-order valence-corrected chi connectivity index (χ3v) is 3.48. The Morgan fingerprint density at radius 3 is 2.26 bits per heavy atom. The van der Waals surface area contributed by atoms with Crippen molar-refractivity contribution in [2.45, 2.75) is 6.42 Å². The van der Waals surface area contributed by atoms with Crippen LogP contribution in [-0.4, -0.2) is 37.9 Å². The molecule has 0 radical (unpaired) electrons. The van der Waals surface area contributed by atoms with Crippen LogP contribution in [-0.2, 0) is 0 Å². The van der Waals surface area contributed by atoms with E-state index in [0.29, 0.717) is 29.1 Å². The largest absolute Gasteiger partial charge is 0.494 e. The normalized spacial score (nSPS) is 10.7. The van der Waals surface area contributed by atoms with E-state index in [0.717, 1.165) is 18.7 Å². The zero-order chi connectivity index (χ0) is 16.8. The van der Waals surface area contributed by atoms with E-state index in [-0.39, 0.29) is 5.78 Å². The first-order valence-corrected chi connectivity index (χ1v) is 7.54. The molecular formula is C18H23N3O2. The number of hydrogen-bond acceptors (Lipinski definition) is 5. The second-order valence-corrected chi connectivity index (χ2v) is 5.70. The van der Waals surface area contributed by atoms with Crippen molar-refractivity contribution < 1.29 is 9.53 Å². The number of anilines is 2. The van der Waals surface area contributed by atoms with Gasteiger partial charge in [0.1, 0.15) is 5.75 Å². The molecule has 0 aromatic heterocycles. The number of nitrogens with two attached hydrogens (primary N) is 2. The fourth-order valence-electron chi connectivity index (χ4n) is 2.16. The highest BCUT2D eigenvalue weighted by molar-refractivity contribution is 6.09. The summed E-state index contributed by atoms with van der Waals surface area (Å²) in [5.41, 5.74) is 13.4. The number of carbonyl (C=O) groups is 1. The molecule has 0 aliphatic rings. The number of benzene rings is 2. The molecule has 2 aromatic carbocycles. The Labute approximate surface area is 136 Å². The van der Waals surface area contributed by atoms with Gasteiger partial charge >= 0.3 is 0 Å². The summed E-state index contributed by atoms with van der Waals surface area (Å²) in [4.78, 5) is 14.5. The van der Waals surface area contributed by atoms with Gasteiger partial charge < -0.3 is 21.1 Å². The Kier molecular flexibility index (Phi) is 5.60. The van der Waals surface area contributed by atoms with Crippen LogP contribution in [0, 0.1) is 0 Å². The summed E-state index contributed by atoms with van der Waals surface area (Å²) in [6, 6.07) is 12.1. The Morgan fingerprint density at radius 2 is 1.65 bits per heavy atom. The van der Waals surface area contributed by atoms with E-state index in [9.17, 15) is 4.79 Å². The second kappa shape index (κ2) is 7.65. The Hall–Kier alpha value is -2.53. The Bertz CT molecular complexity index is 666. The molecule has 4 N–H and O–H groups in total. The monoisotopic (exact) mass is 313 g/mol. The van der Waals surface area contributed by atoms with Gasteiger partial charge in [0.25, 0.3) is 0 Å². The Morgan fingerprint density at radius 1 is 1.00 bits per heavy atom. The van der Waals surface area contributed by atoms with Crippen LogP contribution in [0.25, 0.3) is 0 Å². The van der Waals surface area contributed by atoms with Crippen molar-refractivity contribution in [3.05, 3.63) is 53.6 Å². The third-order valence-electron chi connectivity index (χ3n) is 3.48. The van der Waals surface area contributed by atoms with Crippen LogP contribution in [0.3, 0.4) is 0 Å². The summed E-state index contributed by atoms with van der Waals surface area (Å²) < 4.78 is 5.66. The molecule has 0 unspecified atom stereocenters. The van der Waals surface area contributed by atoms with Gasteiger partial charge in [0.2, 0.25) is 0 Å². The molecule has 0 amide bonds. The summed E-state index contributed by atoms with van der Waals surface area (Å²) in [5.74, 6) is 0.674. The van der Waals surface area contributed by atoms with E-state index in [4.69, 9.17) is 16.2 Å². The Balaban J connectivity index is 1.98. The first-order valence-electron chi connectivity index (χ1n) is 7.54. The van der Waals surface area contributed by atoms with E-state index in [2.05, 4.69) is 4.90 Å². The molecular weight excluding hydrogens is 290 g/mol. The molecule has 0 heterocycles. The molecule has 23 heavy (non-hydrogen) atoms. The average molecular weight is 313 g/mol. The lowest BCUT2D eigenvalue weighted by atomic mass is 10.0. The number of nitrogen functional groups attached to an aromatic ring is 2. The van der Waals surface area contributed by atoms with Crippen molar-refractivity contribution in [2.24, 2.45) is 0 Å². The van der Waals surface area contributed by atoms with E-state index in [1.54, 1.807) is 30.3 Å². The minimum absolute atomic E-state index is 0.0872. The summed E-state index contributed by atoms with van der Waals surface area (Å²) in [7, 11) is 4.06. The number of rotatable bonds is 7. The summed E-state index contributed by atoms with van der Waals surface area (Å²) in [6.45, 7) is 1.63. The minimum atomic E-state index is -0.0872. The molecule has 0 saturated heterocycles. The molecule has 122 valence electrons. The molecule has 0 bridgehead atoms. The van der Waals surface area contributed by atoms with Gasteiger partial charge in [-0.05, 0) is 63.0 Å². The van der Waals surface area contributed by atoms with Crippen molar-refractivity contribution >= 4 is 17.2 Å². The van der Waals surface area contributed by atoms with E-state index >= 15 is 0 Å². The maximum Gasteiger partial charge on any atom is 0.193 e. The molecule has 0 fully saturated rings.